The second kappa shape index (κ2) is 4.57. The average Bonchev–Trinajstić information content (AvgIpc) is 1.85. The largest absolute Gasteiger partial charge is 0.349 e. The highest BCUT2D eigenvalue weighted by Crippen LogP contribution is 1.78. The second-order valence-electron chi connectivity index (χ2n) is 1.48. The summed E-state index contributed by atoms with van der Waals surface area (Å²) in [7, 11) is 0. The lowest BCUT2D eigenvalue weighted by molar-refractivity contribution is -0.148. The number of carbonyl (C=O) groups excluding carboxylic acids is 2. The minimum Gasteiger partial charge on any atom is -0.349 e. The predicted octanol–water partition coefficient (Wildman–Crippen LogP) is -1.54. The molecule has 0 atom stereocenters. The first-order chi connectivity index (χ1) is 4.66. The molecule has 0 rings (SSSR count). The highest BCUT2D eigenvalue weighted by Gasteiger charge is 2.00. The minimum absolute atomic E-state index is 0.0558. The second-order valence-corrected chi connectivity index (χ2v) is 1.48. The molecule has 0 fully saturated rings. The van der Waals surface area contributed by atoms with E-state index in [0.717, 1.165) is 0 Å². The minimum atomic E-state index is -0.912. The predicted molar refractivity (Wildman–Crippen MR) is 32.5 cm³/mol. The molecule has 6 nitrogen and oxygen atoms in total. The van der Waals surface area contributed by atoms with E-state index in [1.165, 1.54) is 0 Å². The van der Waals surface area contributed by atoms with Crippen molar-refractivity contribution < 1.29 is 14.4 Å². The number of nitrogens with two attached hydrogens (primary N) is 2. The van der Waals surface area contributed by atoms with E-state index >= 15 is 0 Å². The summed E-state index contributed by atoms with van der Waals surface area (Å²) in [6.07, 6.45) is 0.0558. The van der Waals surface area contributed by atoms with Gasteiger partial charge in [0.25, 0.3) is 0 Å². The average molecular weight is 147 g/mol. The van der Waals surface area contributed by atoms with Crippen molar-refractivity contribution in [3.05, 3.63) is 0 Å². The fourth-order valence-electron chi connectivity index (χ4n) is 0.276. The molecule has 2 amide bonds. The molecule has 0 aromatic carbocycles. The third-order valence-electron chi connectivity index (χ3n) is 0.614. The van der Waals surface area contributed by atoms with Gasteiger partial charge in [-0.2, -0.15) is 5.48 Å². The van der Waals surface area contributed by atoms with Crippen LogP contribution in [0.1, 0.15) is 6.42 Å². The van der Waals surface area contributed by atoms with Crippen molar-refractivity contribution in [1.29, 1.82) is 0 Å². The monoisotopic (exact) mass is 147 g/mol. The van der Waals surface area contributed by atoms with Gasteiger partial charge < -0.3 is 16.3 Å². The molecule has 0 unspecified atom stereocenters. The van der Waals surface area contributed by atoms with Crippen LogP contribution in [0.5, 0.6) is 0 Å². The third-order valence-corrected chi connectivity index (χ3v) is 0.614. The Morgan fingerprint density at radius 3 is 2.50 bits per heavy atom. The number of rotatable bonds is 2. The molecule has 0 aromatic heterocycles. The zero-order valence-electron chi connectivity index (χ0n) is 5.29. The molecule has 0 saturated carbocycles. The number of carbonyl (C=O) groups is 2. The van der Waals surface area contributed by atoms with E-state index in [1.54, 1.807) is 5.48 Å². The highest BCUT2D eigenvalue weighted by molar-refractivity contribution is 5.75. The number of urea groups is 1. The van der Waals surface area contributed by atoms with Gasteiger partial charge in [-0.1, -0.05) is 0 Å². The van der Waals surface area contributed by atoms with Crippen molar-refractivity contribution in [3.63, 3.8) is 0 Å². The summed E-state index contributed by atoms with van der Waals surface area (Å²) in [5, 5.41) is 0. The van der Waals surface area contributed by atoms with Gasteiger partial charge in [0.05, 0.1) is 6.42 Å². The van der Waals surface area contributed by atoms with Crippen LogP contribution in [-0.4, -0.2) is 18.5 Å². The smallest absolute Gasteiger partial charge is 0.345 e. The molecule has 6 heteroatoms. The molecule has 0 aliphatic carbocycles. The summed E-state index contributed by atoms with van der Waals surface area (Å²) in [4.78, 5) is 24.4. The van der Waals surface area contributed by atoms with Crippen LogP contribution in [0.3, 0.4) is 0 Å². The Morgan fingerprint density at radius 2 is 2.10 bits per heavy atom. The summed E-state index contributed by atoms with van der Waals surface area (Å²) in [5.74, 6) is -0.610. The van der Waals surface area contributed by atoms with Gasteiger partial charge >= 0.3 is 12.0 Å². The van der Waals surface area contributed by atoms with Gasteiger partial charge in [-0.25, -0.2) is 9.59 Å². The number of nitrogens with one attached hydrogen (secondary N) is 1. The summed E-state index contributed by atoms with van der Waals surface area (Å²) >= 11 is 0. The van der Waals surface area contributed by atoms with Crippen LogP contribution in [-0.2, 0) is 9.63 Å². The standard InChI is InChI=1S/C4H9N3O3/c5-2-1-3(8)10-7-4(6)9/h1-2,5H2,(H3,6,7,9). The number of hydroxylamine groups is 1. The Kier molecular flexibility index (Phi) is 3.97. The molecular weight excluding hydrogens is 138 g/mol. The Morgan fingerprint density at radius 1 is 1.50 bits per heavy atom. The lowest BCUT2D eigenvalue weighted by Crippen LogP contribution is -2.32. The summed E-state index contributed by atoms with van der Waals surface area (Å²) in [6, 6.07) is -0.912. The van der Waals surface area contributed by atoms with Gasteiger partial charge in [0.2, 0.25) is 0 Å². The normalized spacial score (nSPS) is 8.50. The van der Waals surface area contributed by atoms with Gasteiger partial charge in [0.15, 0.2) is 0 Å². The van der Waals surface area contributed by atoms with E-state index in [9.17, 15) is 9.59 Å². The van der Waals surface area contributed by atoms with E-state index in [-0.39, 0.29) is 13.0 Å². The Labute approximate surface area is 57.5 Å². The molecule has 0 aliphatic heterocycles. The summed E-state index contributed by atoms with van der Waals surface area (Å²) in [6.45, 7) is 0.180. The van der Waals surface area contributed by atoms with Crippen LogP contribution in [0.25, 0.3) is 0 Å². The number of primary amides is 1. The molecule has 0 aromatic rings. The van der Waals surface area contributed by atoms with Crippen LogP contribution < -0.4 is 16.9 Å². The molecule has 5 N–H and O–H groups in total. The van der Waals surface area contributed by atoms with E-state index in [1.807, 2.05) is 0 Å². The van der Waals surface area contributed by atoms with Gasteiger partial charge in [-0.3, -0.25) is 0 Å². The molecule has 0 aliphatic rings. The maximum absolute atomic E-state index is 10.4. The van der Waals surface area contributed by atoms with Gasteiger partial charge in [-0.15, -0.1) is 0 Å². The topological polar surface area (TPSA) is 107 Å². The van der Waals surface area contributed by atoms with Crippen LogP contribution in [0.15, 0.2) is 0 Å². The first kappa shape index (κ1) is 8.70. The van der Waals surface area contributed by atoms with Crippen LogP contribution in [0.2, 0.25) is 0 Å². The zero-order valence-corrected chi connectivity index (χ0v) is 5.29. The van der Waals surface area contributed by atoms with Crippen molar-refractivity contribution in [2.45, 2.75) is 6.42 Å². The fourth-order valence-corrected chi connectivity index (χ4v) is 0.276. The van der Waals surface area contributed by atoms with Crippen LogP contribution >= 0.6 is 0 Å². The molecule has 0 radical (unpaired) electrons. The van der Waals surface area contributed by atoms with Crippen molar-refractivity contribution in [3.8, 4) is 0 Å². The van der Waals surface area contributed by atoms with Crippen LogP contribution in [0, 0.1) is 0 Å². The first-order valence-corrected chi connectivity index (χ1v) is 2.62. The molecule has 0 heterocycles. The van der Waals surface area contributed by atoms with Gasteiger partial charge in [-0.05, 0) is 0 Å². The lowest BCUT2D eigenvalue weighted by atomic mass is 10.4. The van der Waals surface area contributed by atoms with E-state index in [0.29, 0.717) is 0 Å². The Balaban J connectivity index is 3.30. The van der Waals surface area contributed by atoms with Gasteiger partial charge in [0, 0.05) is 6.54 Å². The van der Waals surface area contributed by atoms with Gasteiger partial charge in [0.1, 0.15) is 0 Å². The van der Waals surface area contributed by atoms with E-state index < -0.39 is 12.0 Å². The van der Waals surface area contributed by atoms with E-state index in [2.05, 4.69) is 10.6 Å². The number of hydrogen-bond acceptors (Lipinski definition) is 4. The lowest BCUT2D eigenvalue weighted by Gasteiger charge is -1.99. The third kappa shape index (κ3) is 4.85. The molecule has 0 spiro atoms. The van der Waals surface area contributed by atoms with Crippen molar-refractivity contribution >= 4 is 12.0 Å². The van der Waals surface area contributed by atoms with Crippen molar-refractivity contribution in [1.82, 2.24) is 5.48 Å². The molecule has 0 bridgehead atoms. The zero-order chi connectivity index (χ0) is 7.98. The maximum Gasteiger partial charge on any atom is 0.345 e. The van der Waals surface area contributed by atoms with E-state index in [4.69, 9.17) is 5.73 Å². The maximum atomic E-state index is 10.4. The molecule has 10 heavy (non-hydrogen) atoms. The first-order valence-electron chi connectivity index (χ1n) is 2.62. The van der Waals surface area contributed by atoms with Crippen molar-refractivity contribution in [2.75, 3.05) is 6.54 Å². The number of hydrogen-bond donors (Lipinski definition) is 3. The molecule has 58 valence electrons. The number of amides is 2. The Hall–Kier alpha value is -1.30. The summed E-state index contributed by atoms with van der Waals surface area (Å²) < 4.78 is 0. The summed E-state index contributed by atoms with van der Waals surface area (Å²) in [5.41, 5.74) is 11.2. The Bertz CT molecular complexity index is 136. The van der Waals surface area contributed by atoms with Crippen LogP contribution in [0.4, 0.5) is 4.79 Å². The highest BCUT2D eigenvalue weighted by atomic mass is 16.7. The molecular formula is C4H9N3O3. The SMILES string of the molecule is NCCC(=O)ONC(N)=O. The van der Waals surface area contributed by atoms with Crippen molar-refractivity contribution in [2.24, 2.45) is 11.5 Å². The fraction of sp³-hybridized carbons (Fsp3) is 0.500. The molecule has 0 saturated heterocycles. The quantitative estimate of drug-likeness (QED) is 0.411.